The zero-order chi connectivity index (χ0) is 12.3. The molecule has 0 bridgehead atoms. The second-order valence-electron chi connectivity index (χ2n) is 4.99. The minimum absolute atomic E-state index is 0.206. The van der Waals surface area contributed by atoms with Crippen molar-refractivity contribution in [2.24, 2.45) is 11.8 Å². The molecule has 1 fully saturated rings. The summed E-state index contributed by atoms with van der Waals surface area (Å²) in [6.07, 6.45) is 6.95. The molecule has 1 amide bonds. The third-order valence-electron chi connectivity index (χ3n) is 3.58. The molecule has 1 atom stereocenters. The van der Waals surface area contributed by atoms with Gasteiger partial charge in [-0.05, 0) is 42.9 Å². The van der Waals surface area contributed by atoms with E-state index in [9.17, 15) is 4.79 Å². The predicted molar refractivity (Wildman–Crippen MR) is 67.5 cm³/mol. The fourth-order valence-electron chi connectivity index (χ4n) is 2.10. The van der Waals surface area contributed by atoms with E-state index in [0.29, 0.717) is 11.8 Å². The Bertz CT molecular complexity index is 373. The molecule has 2 rings (SSSR count). The van der Waals surface area contributed by atoms with Crippen LogP contribution in [-0.2, 0) is 11.2 Å². The number of amides is 1. The smallest absolute Gasteiger partial charge is 0.225 e. The third kappa shape index (κ3) is 3.29. The van der Waals surface area contributed by atoms with Crippen LogP contribution in [0.2, 0.25) is 0 Å². The van der Waals surface area contributed by atoms with Gasteiger partial charge in [0.15, 0.2) is 0 Å². The highest BCUT2D eigenvalue weighted by Crippen LogP contribution is 2.37. The summed E-state index contributed by atoms with van der Waals surface area (Å²) < 4.78 is 0. The first-order chi connectivity index (χ1) is 8.18. The summed E-state index contributed by atoms with van der Waals surface area (Å²) in [5.74, 6) is 1.14. The fraction of sp³-hybridized carbons (Fsp3) is 0.571. The minimum atomic E-state index is 0.206. The van der Waals surface area contributed by atoms with E-state index in [-0.39, 0.29) is 5.92 Å². The second kappa shape index (κ2) is 5.30. The number of nitrogens with zero attached hydrogens (tertiary/aromatic N) is 2. The third-order valence-corrected chi connectivity index (χ3v) is 3.58. The first-order valence-electron chi connectivity index (χ1n) is 6.32. The van der Waals surface area contributed by atoms with Gasteiger partial charge in [-0.3, -0.25) is 9.78 Å². The van der Waals surface area contributed by atoms with Crippen LogP contribution in [0.25, 0.3) is 0 Å². The van der Waals surface area contributed by atoms with Crippen LogP contribution in [0.3, 0.4) is 0 Å². The van der Waals surface area contributed by atoms with E-state index in [4.69, 9.17) is 0 Å². The van der Waals surface area contributed by atoms with Gasteiger partial charge in [0.2, 0.25) is 5.91 Å². The summed E-state index contributed by atoms with van der Waals surface area (Å²) in [5.41, 5.74) is 1.23. The van der Waals surface area contributed by atoms with Gasteiger partial charge in [-0.15, -0.1) is 0 Å². The first-order valence-corrected chi connectivity index (χ1v) is 6.32. The molecular formula is C14H20N2O. The standard InChI is InChI=1S/C14H20N2O/c1-11(13-3-4-13)14(17)16(2)10-7-12-5-8-15-9-6-12/h5-6,8-9,11,13H,3-4,7,10H2,1-2H3. The minimum Gasteiger partial charge on any atom is -0.345 e. The summed E-state index contributed by atoms with van der Waals surface area (Å²) in [4.78, 5) is 17.9. The molecule has 1 heterocycles. The Kier molecular flexibility index (Phi) is 3.77. The Balaban J connectivity index is 1.80. The first kappa shape index (κ1) is 12.1. The van der Waals surface area contributed by atoms with Gasteiger partial charge in [0, 0.05) is 31.9 Å². The van der Waals surface area contributed by atoms with Gasteiger partial charge in [-0.25, -0.2) is 0 Å². The van der Waals surface area contributed by atoms with Crippen molar-refractivity contribution in [1.82, 2.24) is 9.88 Å². The monoisotopic (exact) mass is 232 g/mol. The van der Waals surface area contributed by atoms with Crippen molar-refractivity contribution in [2.45, 2.75) is 26.2 Å². The van der Waals surface area contributed by atoms with Gasteiger partial charge in [-0.2, -0.15) is 0 Å². The van der Waals surface area contributed by atoms with Crippen molar-refractivity contribution in [2.75, 3.05) is 13.6 Å². The topological polar surface area (TPSA) is 33.2 Å². The van der Waals surface area contributed by atoms with E-state index in [2.05, 4.69) is 11.9 Å². The van der Waals surface area contributed by atoms with Crippen molar-refractivity contribution in [3.05, 3.63) is 30.1 Å². The predicted octanol–water partition coefficient (Wildman–Crippen LogP) is 2.13. The Morgan fingerprint density at radius 1 is 1.47 bits per heavy atom. The van der Waals surface area contributed by atoms with E-state index >= 15 is 0 Å². The highest BCUT2D eigenvalue weighted by molar-refractivity contribution is 5.78. The van der Waals surface area contributed by atoms with Gasteiger partial charge in [0.25, 0.3) is 0 Å². The molecule has 1 aliphatic carbocycles. The number of carbonyl (C=O) groups excluding carboxylic acids is 1. The van der Waals surface area contributed by atoms with Crippen LogP contribution >= 0.6 is 0 Å². The molecule has 1 unspecified atom stereocenters. The van der Waals surface area contributed by atoms with E-state index in [0.717, 1.165) is 13.0 Å². The fourth-order valence-corrected chi connectivity index (χ4v) is 2.10. The van der Waals surface area contributed by atoms with Crippen molar-refractivity contribution in [1.29, 1.82) is 0 Å². The molecule has 0 spiro atoms. The van der Waals surface area contributed by atoms with Crippen LogP contribution in [0.1, 0.15) is 25.3 Å². The molecule has 0 radical (unpaired) electrons. The van der Waals surface area contributed by atoms with Crippen LogP contribution in [-0.4, -0.2) is 29.4 Å². The van der Waals surface area contributed by atoms with Crippen LogP contribution in [0.15, 0.2) is 24.5 Å². The average Bonchev–Trinajstić information content (AvgIpc) is 3.19. The number of hydrogen-bond donors (Lipinski definition) is 0. The molecule has 1 aromatic heterocycles. The van der Waals surface area contributed by atoms with Gasteiger partial charge >= 0.3 is 0 Å². The highest BCUT2D eigenvalue weighted by atomic mass is 16.2. The number of likely N-dealkylation sites (N-methyl/N-ethyl adjacent to an activating group) is 1. The largest absolute Gasteiger partial charge is 0.345 e. The molecule has 1 aromatic rings. The number of hydrogen-bond acceptors (Lipinski definition) is 2. The maximum Gasteiger partial charge on any atom is 0.225 e. The zero-order valence-electron chi connectivity index (χ0n) is 10.6. The summed E-state index contributed by atoms with van der Waals surface area (Å²) >= 11 is 0. The molecule has 1 saturated carbocycles. The quantitative estimate of drug-likeness (QED) is 0.779. The molecule has 17 heavy (non-hydrogen) atoms. The summed E-state index contributed by atoms with van der Waals surface area (Å²) in [5, 5.41) is 0. The molecule has 3 heteroatoms. The lowest BCUT2D eigenvalue weighted by Crippen LogP contribution is -2.34. The van der Waals surface area contributed by atoms with Crippen LogP contribution in [0.5, 0.6) is 0 Å². The maximum atomic E-state index is 12.1. The molecule has 3 nitrogen and oxygen atoms in total. The Morgan fingerprint density at radius 3 is 2.71 bits per heavy atom. The van der Waals surface area contributed by atoms with Gasteiger partial charge in [0.05, 0.1) is 0 Å². The van der Waals surface area contributed by atoms with E-state index in [1.54, 1.807) is 12.4 Å². The number of aromatic nitrogens is 1. The van der Waals surface area contributed by atoms with Gasteiger partial charge < -0.3 is 4.90 Å². The Hall–Kier alpha value is -1.38. The summed E-state index contributed by atoms with van der Waals surface area (Å²) in [6, 6.07) is 4.01. The van der Waals surface area contributed by atoms with Crippen molar-refractivity contribution >= 4 is 5.91 Å². The SMILES string of the molecule is CC(C(=O)N(C)CCc1ccncc1)C1CC1. The summed E-state index contributed by atoms with van der Waals surface area (Å²) in [7, 11) is 1.91. The highest BCUT2D eigenvalue weighted by Gasteiger charge is 2.33. The van der Waals surface area contributed by atoms with E-state index in [1.165, 1.54) is 18.4 Å². The Labute approximate surface area is 103 Å². The maximum absolute atomic E-state index is 12.1. The molecular weight excluding hydrogens is 212 g/mol. The Morgan fingerprint density at radius 2 is 2.12 bits per heavy atom. The van der Waals surface area contributed by atoms with Gasteiger partial charge in [-0.1, -0.05) is 6.92 Å². The lowest BCUT2D eigenvalue weighted by molar-refractivity contribution is -0.134. The second-order valence-corrected chi connectivity index (χ2v) is 4.99. The van der Waals surface area contributed by atoms with Crippen LogP contribution in [0.4, 0.5) is 0 Å². The van der Waals surface area contributed by atoms with E-state index < -0.39 is 0 Å². The number of pyridine rings is 1. The normalized spacial score (nSPS) is 16.6. The summed E-state index contributed by atoms with van der Waals surface area (Å²) in [6.45, 7) is 2.85. The van der Waals surface area contributed by atoms with Crippen molar-refractivity contribution in [3.8, 4) is 0 Å². The molecule has 0 N–H and O–H groups in total. The average molecular weight is 232 g/mol. The van der Waals surface area contributed by atoms with Crippen LogP contribution in [0, 0.1) is 11.8 Å². The lowest BCUT2D eigenvalue weighted by Gasteiger charge is -2.21. The van der Waals surface area contributed by atoms with E-state index in [1.807, 2.05) is 24.1 Å². The molecule has 0 aliphatic heterocycles. The van der Waals surface area contributed by atoms with Crippen molar-refractivity contribution in [3.63, 3.8) is 0 Å². The zero-order valence-corrected chi connectivity index (χ0v) is 10.6. The molecule has 0 saturated heterocycles. The lowest BCUT2D eigenvalue weighted by atomic mass is 10.0. The molecule has 92 valence electrons. The van der Waals surface area contributed by atoms with Crippen LogP contribution < -0.4 is 0 Å². The number of rotatable bonds is 5. The van der Waals surface area contributed by atoms with Gasteiger partial charge in [0.1, 0.15) is 0 Å². The van der Waals surface area contributed by atoms with Crippen molar-refractivity contribution < 1.29 is 4.79 Å². The molecule has 0 aromatic carbocycles. The number of carbonyl (C=O) groups is 1. The molecule has 1 aliphatic rings.